The summed E-state index contributed by atoms with van der Waals surface area (Å²) in [5.74, 6) is 2.49. The van der Waals surface area contributed by atoms with Gasteiger partial charge < -0.3 is 42.4 Å². The Morgan fingerprint density at radius 1 is 0.741 bits per heavy atom. The quantitative estimate of drug-likeness (QED) is 0.0686. The van der Waals surface area contributed by atoms with E-state index in [1.54, 1.807) is 35.5 Å². The molecule has 12 nitrogen and oxygen atoms in total. The first-order valence-electron chi connectivity index (χ1n) is 18.6. The molecule has 3 aromatic rings. The second-order valence-electron chi connectivity index (χ2n) is 13.6. The number of morpholine rings is 1. The number of benzene rings is 3. The third-order valence-corrected chi connectivity index (χ3v) is 10.3. The Balaban J connectivity index is 1.08. The smallest absolute Gasteiger partial charge is 0.331 e. The second kappa shape index (κ2) is 20.1. The highest BCUT2D eigenvalue weighted by Crippen LogP contribution is 2.40. The number of fused-ring (bicyclic) bond motifs is 1. The minimum absolute atomic E-state index is 0.0957. The van der Waals surface area contributed by atoms with Crippen LogP contribution in [0.25, 0.3) is 0 Å². The number of nitrogens with zero attached hydrogens (tertiary/aromatic N) is 2. The second-order valence-corrected chi connectivity index (χ2v) is 13.6. The van der Waals surface area contributed by atoms with Gasteiger partial charge in [0.25, 0.3) is 0 Å². The molecule has 12 heteroatoms. The lowest BCUT2D eigenvalue weighted by Crippen LogP contribution is -2.55. The summed E-state index contributed by atoms with van der Waals surface area (Å²) in [6.07, 6.45) is 5.26. The number of hydrogen-bond donors (Lipinski definition) is 0. The Labute approximate surface area is 319 Å². The fourth-order valence-electron chi connectivity index (χ4n) is 7.37. The van der Waals surface area contributed by atoms with Crippen molar-refractivity contribution < 1.29 is 52.0 Å². The highest BCUT2D eigenvalue weighted by molar-refractivity contribution is 5.91. The van der Waals surface area contributed by atoms with Gasteiger partial charge in [0.15, 0.2) is 23.0 Å². The highest BCUT2D eigenvalue weighted by Gasteiger charge is 2.31. The van der Waals surface area contributed by atoms with Crippen molar-refractivity contribution in [3.05, 3.63) is 89.0 Å². The van der Waals surface area contributed by atoms with Crippen LogP contribution in [0.2, 0.25) is 0 Å². The molecule has 0 saturated carbocycles. The summed E-state index contributed by atoms with van der Waals surface area (Å²) in [6.45, 7) is 6.78. The summed E-state index contributed by atoms with van der Waals surface area (Å²) in [6, 6.07) is 18.4. The van der Waals surface area contributed by atoms with Crippen LogP contribution in [0.5, 0.6) is 28.7 Å². The molecule has 0 spiro atoms. The molecule has 0 amide bonds. The predicted molar refractivity (Wildman–Crippen MR) is 203 cm³/mol. The van der Waals surface area contributed by atoms with E-state index in [-0.39, 0.29) is 19.3 Å². The Bertz CT molecular complexity index is 1700. The number of rotatable bonds is 19. The van der Waals surface area contributed by atoms with Gasteiger partial charge in [0.05, 0.1) is 68.5 Å². The molecule has 3 aromatic carbocycles. The van der Waals surface area contributed by atoms with Crippen molar-refractivity contribution in [1.29, 1.82) is 0 Å². The minimum Gasteiger partial charge on any atom is -0.497 e. The van der Waals surface area contributed by atoms with Gasteiger partial charge in [-0.1, -0.05) is 12.1 Å². The van der Waals surface area contributed by atoms with Gasteiger partial charge in [0.2, 0.25) is 0 Å². The first-order valence-corrected chi connectivity index (χ1v) is 18.6. The lowest BCUT2D eigenvalue weighted by molar-refractivity contribution is -0.947. The minimum atomic E-state index is -0.574. The number of carbonyl (C=O) groups excluding carboxylic acids is 2. The van der Waals surface area contributed by atoms with Gasteiger partial charge >= 0.3 is 11.9 Å². The normalized spacial score (nSPS) is 16.6. The molecule has 1 saturated heterocycles. The van der Waals surface area contributed by atoms with E-state index in [0.29, 0.717) is 43.3 Å². The van der Waals surface area contributed by atoms with Gasteiger partial charge in [-0.05, 0) is 78.4 Å². The molecular weight excluding hydrogens is 692 g/mol. The van der Waals surface area contributed by atoms with Crippen molar-refractivity contribution in [2.45, 2.75) is 38.3 Å². The van der Waals surface area contributed by atoms with Crippen LogP contribution in [0.1, 0.15) is 41.1 Å². The number of ether oxygens (including phenoxy) is 8. The van der Waals surface area contributed by atoms with Crippen LogP contribution in [0.4, 0.5) is 0 Å². The van der Waals surface area contributed by atoms with Gasteiger partial charge in [-0.25, -0.2) is 9.59 Å². The van der Waals surface area contributed by atoms with Crippen molar-refractivity contribution in [1.82, 2.24) is 4.90 Å². The van der Waals surface area contributed by atoms with Gasteiger partial charge in [0.1, 0.15) is 25.4 Å². The Morgan fingerprint density at radius 3 is 2.00 bits per heavy atom. The van der Waals surface area contributed by atoms with Crippen LogP contribution >= 0.6 is 0 Å². The van der Waals surface area contributed by atoms with E-state index in [4.69, 9.17) is 37.9 Å². The Kier molecular flexibility index (Phi) is 15.0. The summed E-state index contributed by atoms with van der Waals surface area (Å²) >= 11 is 0. The molecule has 54 heavy (non-hydrogen) atoms. The molecule has 1 fully saturated rings. The van der Waals surface area contributed by atoms with Crippen molar-refractivity contribution in [2.24, 2.45) is 0 Å². The van der Waals surface area contributed by atoms with Gasteiger partial charge in [-0.2, -0.15) is 0 Å². The Morgan fingerprint density at radius 2 is 1.35 bits per heavy atom. The van der Waals surface area contributed by atoms with Crippen LogP contribution in [0, 0.1) is 0 Å². The zero-order chi connectivity index (χ0) is 38.3. The summed E-state index contributed by atoms with van der Waals surface area (Å²) in [5.41, 5.74) is 4.77. The first kappa shape index (κ1) is 40.4. The highest BCUT2D eigenvalue weighted by atomic mass is 16.5. The maximum atomic E-state index is 12.5. The first-order chi connectivity index (χ1) is 26.3. The number of hydrogen-bond acceptors (Lipinski definition) is 11. The molecule has 0 aliphatic carbocycles. The summed E-state index contributed by atoms with van der Waals surface area (Å²) in [7, 11) is 8.23. The molecule has 0 N–H and O–H groups in total. The molecular formula is C42H55N2O10+. The van der Waals surface area contributed by atoms with E-state index in [2.05, 4.69) is 35.2 Å². The fourth-order valence-corrected chi connectivity index (χ4v) is 7.37. The standard InChI is InChI=1S/C42H55N2O10/c1-47-34-11-8-31(9-12-34)26-36-35-29-40(51-5)39(50-4)28-33(35)16-18-43(36)17-6-22-53-41(45)14-15-42(46)54-23-7-19-44(20-24-52-25-21-44)30-32-10-13-37(48-2)38(27-32)49-3/h8-15,27-29,36H,6-7,16-26,30H2,1-5H3/q+1. The molecule has 2 aliphatic heterocycles. The van der Waals surface area contributed by atoms with Crippen LogP contribution in [0.15, 0.2) is 66.7 Å². The predicted octanol–water partition coefficient (Wildman–Crippen LogP) is 5.34. The topological polar surface area (TPSA) is 111 Å². The number of carbonyl (C=O) groups is 2. The zero-order valence-corrected chi connectivity index (χ0v) is 32.3. The summed E-state index contributed by atoms with van der Waals surface area (Å²) in [5, 5.41) is 0. The van der Waals surface area contributed by atoms with Crippen molar-refractivity contribution >= 4 is 11.9 Å². The molecule has 0 bridgehead atoms. The molecule has 1 unspecified atom stereocenters. The summed E-state index contributed by atoms with van der Waals surface area (Å²) < 4.78 is 44.9. The lowest BCUT2D eigenvalue weighted by atomic mass is 9.88. The van der Waals surface area contributed by atoms with E-state index in [0.717, 1.165) is 85.8 Å². The Hall–Kier alpha value is -4.78. The SMILES string of the molecule is COc1ccc(CC2c3cc(OC)c(OC)cc3CCN2CCCOC(=O)C=CC(=O)OCCC[N+]2(Cc3ccc(OC)c(OC)c3)CCOCC2)cc1. The van der Waals surface area contributed by atoms with E-state index < -0.39 is 11.9 Å². The molecule has 0 aromatic heterocycles. The van der Waals surface area contributed by atoms with E-state index in [1.807, 2.05) is 24.3 Å². The molecule has 1 atom stereocenters. The van der Waals surface area contributed by atoms with Crippen LogP contribution in [-0.2, 0) is 43.2 Å². The third kappa shape index (κ3) is 10.9. The average molecular weight is 748 g/mol. The van der Waals surface area contributed by atoms with E-state index >= 15 is 0 Å². The number of esters is 2. The van der Waals surface area contributed by atoms with Gasteiger partial charge in [-0.15, -0.1) is 0 Å². The molecule has 5 rings (SSSR count). The zero-order valence-electron chi connectivity index (χ0n) is 32.3. The van der Waals surface area contributed by atoms with Crippen LogP contribution < -0.4 is 23.7 Å². The largest absolute Gasteiger partial charge is 0.497 e. The van der Waals surface area contributed by atoms with Crippen molar-refractivity contribution in [2.75, 3.05) is 94.7 Å². The van der Waals surface area contributed by atoms with E-state index in [1.165, 1.54) is 16.7 Å². The maximum absolute atomic E-state index is 12.5. The third-order valence-electron chi connectivity index (χ3n) is 10.3. The summed E-state index contributed by atoms with van der Waals surface area (Å²) in [4.78, 5) is 27.4. The maximum Gasteiger partial charge on any atom is 0.331 e. The monoisotopic (exact) mass is 747 g/mol. The van der Waals surface area contributed by atoms with Gasteiger partial charge in [0, 0.05) is 43.3 Å². The van der Waals surface area contributed by atoms with Crippen LogP contribution in [-0.4, -0.2) is 116 Å². The van der Waals surface area contributed by atoms with Crippen molar-refractivity contribution in [3.8, 4) is 28.7 Å². The molecule has 2 aliphatic rings. The number of quaternary nitrogens is 1. The van der Waals surface area contributed by atoms with Gasteiger partial charge in [-0.3, -0.25) is 4.90 Å². The van der Waals surface area contributed by atoms with Crippen LogP contribution in [0.3, 0.4) is 0 Å². The lowest BCUT2D eigenvalue weighted by Gasteiger charge is -2.41. The molecule has 292 valence electrons. The molecule has 0 radical (unpaired) electrons. The average Bonchev–Trinajstić information content (AvgIpc) is 3.20. The fraction of sp³-hybridized carbons (Fsp3) is 0.476. The van der Waals surface area contributed by atoms with E-state index in [9.17, 15) is 9.59 Å². The molecule has 2 heterocycles. The number of methoxy groups -OCH3 is 5. The van der Waals surface area contributed by atoms with Crippen molar-refractivity contribution in [3.63, 3.8) is 0 Å².